The molecule has 10 heteroatoms. The van der Waals surface area contributed by atoms with Crippen molar-refractivity contribution in [2.24, 2.45) is 0 Å². The summed E-state index contributed by atoms with van der Waals surface area (Å²) < 4.78 is 9.83. The Labute approximate surface area is 183 Å². The van der Waals surface area contributed by atoms with Crippen molar-refractivity contribution < 1.29 is 28.7 Å². The highest BCUT2D eigenvalue weighted by Gasteiger charge is 2.31. The summed E-state index contributed by atoms with van der Waals surface area (Å²) in [6, 6.07) is 0. The zero-order valence-corrected chi connectivity index (χ0v) is 18.6. The molecule has 1 saturated heterocycles. The third-order valence-electron chi connectivity index (χ3n) is 4.80. The number of hydrogen-bond donors (Lipinski definition) is 1. The van der Waals surface area contributed by atoms with Crippen molar-refractivity contribution in [3.8, 4) is 0 Å². The van der Waals surface area contributed by atoms with Crippen LogP contribution in [0.5, 0.6) is 0 Å². The average Bonchev–Trinajstić information content (AvgIpc) is 3.11. The summed E-state index contributed by atoms with van der Waals surface area (Å²) in [6.07, 6.45) is 6.01. The van der Waals surface area contributed by atoms with Crippen LogP contribution in [0.15, 0.2) is 11.1 Å². The highest BCUT2D eigenvalue weighted by molar-refractivity contribution is 8.04. The molecule has 3 rings (SSSR count). The van der Waals surface area contributed by atoms with E-state index >= 15 is 0 Å². The summed E-state index contributed by atoms with van der Waals surface area (Å²) in [7, 11) is 1.32. The molecule has 2 heterocycles. The quantitative estimate of drug-likeness (QED) is 0.402. The smallest absolute Gasteiger partial charge is 0.341 e. The Bertz CT molecular complexity index is 892. The molecule has 0 saturated carbocycles. The van der Waals surface area contributed by atoms with Gasteiger partial charge in [-0.1, -0.05) is 18.2 Å². The second kappa shape index (κ2) is 10.1. The van der Waals surface area contributed by atoms with Crippen molar-refractivity contribution in [2.45, 2.75) is 39.0 Å². The normalized spacial score (nSPS) is 17.5. The minimum atomic E-state index is -0.560. The molecule has 0 bridgehead atoms. The van der Waals surface area contributed by atoms with Gasteiger partial charge < -0.3 is 14.8 Å². The van der Waals surface area contributed by atoms with E-state index in [1.807, 2.05) is 0 Å². The van der Waals surface area contributed by atoms with Crippen LogP contribution in [0.1, 0.15) is 47.0 Å². The number of carbonyl (C=O) groups is 4. The summed E-state index contributed by atoms with van der Waals surface area (Å²) in [5, 5.41) is 3.61. The summed E-state index contributed by atoms with van der Waals surface area (Å²) in [5.41, 5.74) is 1.37. The van der Waals surface area contributed by atoms with Gasteiger partial charge in [-0.2, -0.15) is 0 Å². The zero-order chi connectivity index (χ0) is 21.7. The van der Waals surface area contributed by atoms with Crippen LogP contribution in [0.4, 0.5) is 5.00 Å². The number of esters is 2. The summed E-state index contributed by atoms with van der Waals surface area (Å²) >= 11 is 2.58. The van der Waals surface area contributed by atoms with Crippen molar-refractivity contribution in [3.05, 3.63) is 27.1 Å². The number of hydrogen-bond acceptors (Lipinski definition) is 8. The van der Waals surface area contributed by atoms with E-state index in [1.165, 1.54) is 41.2 Å². The number of thiophene rings is 1. The maximum Gasteiger partial charge on any atom is 0.341 e. The third-order valence-corrected chi connectivity index (χ3v) is 7.04. The lowest BCUT2D eigenvalue weighted by atomic mass is 10.1. The second-order valence-corrected chi connectivity index (χ2v) is 8.91. The lowest BCUT2D eigenvalue weighted by Gasteiger charge is -2.16. The number of methoxy groups -OCH3 is 1. The van der Waals surface area contributed by atoms with E-state index in [1.54, 1.807) is 6.92 Å². The maximum absolute atomic E-state index is 12.7. The van der Waals surface area contributed by atoms with Crippen molar-refractivity contribution in [2.75, 3.05) is 31.3 Å². The Morgan fingerprint density at radius 1 is 1.20 bits per heavy atom. The van der Waals surface area contributed by atoms with Gasteiger partial charge in [-0.05, 0) is 38.2 Å². The molecule has 8 nitrogen and oxygen atoms in total. The first kappa shape index (κ1) is 22.4. The molecule has 30 heavy (non-hydrogen) atoms. The first-order chi connectivity index (χ1) is 14.4. The van der Waals surface area contributed by atoms with E-state index < -0.39 is 17.8 Å². The van der Waals surface area contributed by atoms with Gasteiger partial charge in [-0.15, -0.1) is 11.3 Å². The first-order valence-corrected chi connectivity index (χ1v) is 11.6. The molecule has 0 atom stereocenters. The number of anilines is 1. The van der Waals surface area contributed by atoms with Crippen molar-refractivity contribution in [3.63, 3.8) is 0 Å². The molecule has 1 aliphatic carbocycles. The Morgan fingerprint density at radius 2 is 1.97 bits per heavy atom. The van der Waals surface area contributed by atoms with Gasteiger partial charge in [0.05, 0.1) is 36.1 Å². The fourth-order valence-corrected chi connectivity index (χ4v) is 5.67. The van der Waals surface area contributed by atoms with E-state index in [0.717, 1.165) is 42.5 Å². The van der Waals surface area contributed by atoms with Gasteiger partial charge in [-0.25, -0.2) is 9.59 Å². The van der Waals surface area contributed by atoms with Gasteiger partial charge in [0.15, 0.2) is 0 Å². The van der Waals surface area contributed by atoms with Gasteiger partial charge in [0.1, 0.15) is 11.5 Å². The van der Waals surface area contributed by atoms with Crippen LogP contribution < -0.4 is 5.32 Å². The van der Waals surface area contributed by atoms with E-state index in [0.29, 0.717) is 15.6 Å². The highest BCUT2D eigenvalue weighted by Crippen LogP contribution is 2.38. The number of aryl methyl sites for hydroxylation is 1. The number of nitrogens with zero attached hydrogens (tertiary/aromatic N) is 1. The van der Waals surface area contributed by atoms with Crippen LogP contribution in [0, 0.1) is 0 Å². The Hall–Kier alpha value is -2.33. The molecule has 2 aliphatic rings. The second-order valence-electron chi connectivity index (χ2n) is 6.81. The summed E-state index contributed by atoms with van der Waals surface area (Å²) in [6.45, 7) is 1.66. The van der Waals surface area contributed by atoms with E-state index in [2.05, 4.69) is 5.32 Å². The highest BCUT2D eigenvalue weighted by atomic mass is 32.2. The fraction of sp³-hybridized carbons (Fsp3) is 0.500. The van der Waals surface area contributed by atoms with Gasteiger partial charge in [-0.3, -0.25) is 14.5 Å². The predicted octanol–water partition coefficient (Wildman–Crippen LogP) is 2.72. The van der Waals surface area contributed by atoms with Gasteiger partial charge >= 0.3 is 11.9 Å². The van der Waals surface area contributed by atoms with Crippen LogP contribution in [0.2, 0.25) is 0 Å². The van der Waals surface area contributed by atoms with Crippen molar-refractivity contribution in [1.82, 2.24) is 4.90 Å². The minimum Gasteiger partial charge on any atom is -0.465 e. The molecule has 0 spiro atoms. The Kier molecular flexibility index (Phi) is 7.54. The number of fused-ring (bicyclic) bond motifs is 1. The number of amides is 2. The van der Waals surface area contributed by atoms with Crippen LogP contribution in [0.3, 0.4) is 0 Å². The maximum atomic E-state index is 12.7. The summed E-state index contributed by atoms with van der Waals surface area (Å²) in [5.74, 6) is -1.59. The molecule has 1 aromatic heterocycles. The minimum absolute atomic E-state index is 0.152. The number of ether oxygens (including phenoxy) is 2. The SMILES string of the molecule is CCOC(=O)C=C1SCC(=O)N1CC(=O)Nc1sc2c(c1C(=O)OC)CCCCC2. The molecular weight excluding hydrogens is 428 g/mol. The molecule has 1 N–H and O–H groups in total. The molecule has 0 unspecified atom stereocenters. The third kappa shape index (κ3) is 5.04. The molecule has 2 amide bonds. The van der Waals surface area contributed by atoms with Crippen LogP contribution >= 0.6 is 23.1 Å². The van der Waals surface area contributed by atoms with E-state index in [9.17, 15) is 19.2 Å². The predicted molar refractivity (Wildman–Crippen MR) is 114 cm³/mol. The molecule has 1 aromatic rings. The van der Waals surface area contributed by atoms with Gasteiger partial charge in [0, 0.05) is 4.88 Å². The largest absolute Gasteiger partial charge is 0.465 e. The topological polar surface area (TPSA) is 102 Å². The lowest BCUT2D eigenvalue weighted by Crippen LogP contribution is -2.34. The van der Waals surface area contributed by atoms with Gasteiger partial charge in [0.2, 0.25) is 11.8 Å². The number of thioether (sulfide) groups is 1. The van der Waals surface area contributed by atoms with Gasteiger partial charge in [0.25, 0.3) is 0 Å². The molecule has 1 fully saturated rings. The molecule has 0 aromatic carbocycles. The average molecular weight is 453 g/mol. The van der Waals surface area contributed by atoms with Crippen molar-refractivity contribution >= 4 is 51.9 Å². The molecule has 1 aliphatic heterocycles. The monoisotopic (exact) mass is 452 g/mol. The molecule has 0 radical (unpaired) electrons. The first-order valence-electron chi connectivity index (χ1n) is 9.78. The Balaban J connectivity index is 1.78. The number of rotatable bonds is 6. The zero-order valence-electron chi connectivity index (χ0n) is 16.9. The Morgan fingerprint density at radius 3 is 2.70 bits per heavy atom. The molecule has 162 valence electrons. The van der Waals surface area contributed by atoms with Crippen molar-refractivity contribution in [1.29, 1.82) is 0 Å². The molecular formula is C20H24N2O6S2. The van der Waals surface area contributed by atoms with E-state index in [-0.39, 0.29) is 24.8 Å². The van der Waals surface area contributed by atoms with Crippen LogP contribution in [0.25, 0.3) is 0 Å². The fourth-order valence-electron chi connectivity index (χ4n) is 3.44. The standard InChI is InChI=1S/C20H24N2O6S2/c1-3-28-17(25)9-16-22(15(24)11-29-16)10-14(23)21-19-18(20(26)27-2)12-7-5-4-6-8-13(12)30-19/h9H,3-8,10-11H2,1-2H3,(H,21,23). The lowest BCUT2D eigenvalue weighted by molar-refractivity contribution is -0.137. The summed E-state index contributed by atoms with van der Waals surface area (Å²) in [4.78, 5) is 51.4. The number of nitrogens with one attached hydrogen (secondary N) is 1. The van der Waals surface area contributed by atoms with Crippen LogP contribution in [-0.2, 0) is 36.7 Å². The van der Waals surface area contributed by atoms with Crippen LogP contribution in [-0.4, -0.2) is 54.7 Å². The van der Waals surface area contributed by atoms with E-state index in [4.69, 9.17) is 9.47 Å². The number of carbonyl (C=O) groups excluding carboxylic acids is 4.